The van der Waals surface area contributed by atoms with Crippen molar-refractivity contribution < 1.29 is 13.9 Å². The van der Waals surface area contributed by atoms with E-state index >= 15 is 0 Å². The molecule has 0 radical (unpaired) electrons. The van der Waals surface area contributed by atoms with Crippen LogP contribution in [0.3, 0.4) is 0 Å². The van der Waals surface area contributed by atoms with Gasteiger partial charge in [-0.15, -0.1) is 0 Å². The van der Waals surface area contributed by atoms with Crippen molar-refractivity contribution in [3.05, 3.63) is 29.6 Å². The van der Waals surface area contributed by atoms with Crippen LogP contribution in [0.4, 0.5) is 4.39 Å². The number of esters is 1. The predicted molar refractivity (Wildman–Crippen MR) is 114 cm³/mol. The van der Waals surface area contributed by atoms with Crippen molar-refractivity contribution in [1.82, 2.24) is 0 Å². The molecule has 0 unspecified atom stereocenters. The minimum Gasteiger partial charge on any atom is -0.426 e. The van der Waals surface area contributed by atoms with Crippen LogP contribution in [0.5, 0.6) is 5.75 Å². The zero-order valence-corrected chi connectivity index (χ0v) is 18.0. The van der Waals surface area contributed by atoms with Gasteiger partial charge in [-0.2, -0.15) is 0 Å². The van der Waals surface area contributed by atoms with Crippen LogP contribution < -0.4 is 4.74 Å². The van der Waals surface area contributed by atoms with E-state index in [0.717, 1.165) is 37.2 Å². The predicted octanol–water partition coefficient (Wildman–Crippen LogP) is 7.63. The van der Waals surface area contributed by atoms with Crippen LogP contribution in [0.1, 0.15) is 103 Å². The second-order valence-electron chi connectivity index (χ2n) is 8.61. The quantitative estimate of drug-likeness (QED) is 0.208. The fourth-order valence-corrected chi connectivity index (χ4v) is 4.43. The van der Waals surface area contributed by atoms with E-state index in [0.29, 0.717) is 18.1 Å². The van der Waals surface area contributed by atoms with Crippen molar-refractivity contribution in [3.8, 4) is 5.75 Å². The molecule has 0 N–H and O–H groups in total. The van der Waals surface area contributed by atoms with Crippen LogP contribution in [0.25, 0.3) is 0 Å². The van der Waals surface area contributed by atoms with E-state index in [1.165, 1.54) is 63.9 Å². The molecule has 0 bridgehead atoms. The van der Waals surface area contributed by atoms with Gasteiger partial charge in [0.05, 0.1) is 0 Å². The Hall–Kier alpha value is -1.38. The minimum absolute atomic E-state index is 0.234. The number of aryl methyl sites for hydroxylation is 1. The normalized spacial score (nSPS) is 19.5. The van der Waals surface area contributed by atoms with Crippen LogP contribution >= 0.6 is 0 Å². The summed E-state index contributed by atoms with van der Waals surface area (Å²) in [5.41, 5.74) is 0.722. The first-order chi connectivity index (χ1) is 13.6. The van der Waals surface area contributed by atoms with Gasteiger partial charge in [0.25, 0.3) is 0 Å². The maximum atomic E-state index is 14.3. The Morgan fingerprint density at radius 2 is 1.64 bits per heavy atom. The van der Waals surface area contributed by atoms with E-state index in [9.17, 15) is 9.18 Å². The first kappa shape index (κ1) is 22.9. The highest BCUT2D eigenvalue weighted by atomic mass is 19.1. The number of unbranched alkanes of at least 4 members (excludes halogenated alkanes) is 4. The van der Waals surface area contributed by atoms with E-state index in [1.54, 1.807) is 12.1 Å². The number of hydrogen-bond donors (Lipinski definition) is 0. The molecule has 2 nitrogen and oxygen atoms in total. The molecule has 28 heavy (non-hydrogen) atoms. The summed E-state index contributed by atoms with van der Waals surface area (Å²) < 4.78 is 19.6. The molecule has 0 saturated heterocycles. The zero-order valence-electron chi connectivity index (χ0n) is 18.0. The monoisotopic (exact) mass is 390 g/mol. The highest BCUT2D eigenvalue weighted by Crippen LogP contribution is 2.33. The lowest BCUT2D eigenvalue weighted by Gasteiger charge is -2.28. The van der Waals surface area contributed by atoms with Crippen LogP contribution in [-0.4, -0.2) is 5.97 Å². The summed E-state index contributed by atoms with van der Waals surface area (Å²) in [6.45, 7) is 4.45. The van der Waals surface area contributed by atoms with Crippen molar-refractivity contribution >= 4 is 5.97 Å². The summed E-state index contributed by atoms with van der Waals surface area (Å²) in [6, 6.07) is 4.88. The molecule has 0 amide bonds. The van der Waals surface area contributed by atoms with Crippen molar-refractivity contribution in [2.75, 3.05) is 0 Å². The summed E-state index contributed by atoms with van der Waals surface area (Å²) in [5.74, 6) is 1.38. The van der Waals surface area contributed by atoms with Crippen LogP contribution in [0, 0.1) is 17.7 Å². The van der Waals surface area contributed by atoms with Crippen molar-refractivity contribution in [1.29, 1.82) is 0 Å². The second kappa shape index (κ2) is 13.0. The maximum Gasteiger partial charge on any atom is 0.311 e. The SMILES string of the molecule is CCCCCCCc1ccc(OC(=O)CC[C@H]2CC[C@H](CCC)CC2)cc1F. The minimum atomic E-state index is -0.255. The number of rotatable bonds is 12. The van der Waals surface area contributed by atoms with Gasteiger partial charge in [0.15, 0.2) is 0 Å². The Balaban J connectivity index is 1.68. The number of hydrogen-bond acceptors (Lipinski definition) is 2. The van der Waals surface area contributed by atoms with Gasteiger partial charge >= 0.3 is 5.97 Å². The van der Waals surface area contributed by atoms with Crippen molar-refractivity contribution in [2.24, 2.45) is 11.8 Å². The average molecular weight is 391 g/mol. The lowest BCUT2D eigenvalue weighted by Crippen LogP contribution is -2.17. The number of halogens is 1. The second-order valence-corrected chi connectivity index (χ2v) is 8.61. The molecule has 0 aliphatic heterocycles. The number of carbonyl (C=O) groups is 1. The van der Waals surface area contributed by atoms with E-state index in [4.69, 9.17) is 4.74 Å². The third-order valence-electron chi connectivity index (χ3n) is 6.23. The largest absolute Gasteiger partial charge is 0.426 e. The molecule has 2 rings (SSSR count). The summed E-state index contributed by atoms with van der Waals surface area (Å²) in [7, 11) is 0. The van der Waals surface area contributed by atoms with Gasteiger partial charge in [-0.3, -0.25) is 4.79 Å². The van der Waals surface area contributed by atoms with Gasteiger partial charge in [-0.1, -0.05) is 84.1 Å². The fraction of sp³-hybridized carbons (Fsp3) is 0.720. The maximum absolute atomic E-state index is 14.3. The van der Waals surface area contributed by atoms with Gasteiger partial charge in [0, 0.05) is 12.5 Å². The Kier molecular flexibility index (Phi) is 10.6. The van der Waals surface area contributed by atoms with Crippen molar-refractivity contribution in [3.63, 3.8) is 0 Å². The highest BCUT2D eigenvalue weighted by molar-refractivity contribution is 5.72. The number of benzene rings is 1. The third-order valence-corrected chi connectivity index (χ3v) is 6.23. The topological polar surface area (TPSA) is 26.3 Å². The number of ether oxygens (including phenoxy) is 1. The zero-order chi connectivity index (χ0) is 20.2. The summed E-state index contributed by atoms with van der Waals surface area (Å²) in [6.07, 6.45) is 15.6. The smallest absolute Gasteiger partial charge is 0.311 e. The molecule has 1 aromatic carbocycles. The van der Waals surface area contributed by atoms with Gasteiger partial charge < -0.3 is 4.74 Å². The first-order valence-corrected chi connectivity index (χ1v) is 11.6. The molecule has 1 saturated carbocycles. The standard InChI is InChI=1S/C25H39FO2/c1-3-5-6-7-8-10-22-16-17-23(19-24(22)26)28-25(27)18-15-21-13-11-20(9-4-2)12-14-21/h16-17,19-21H,3-15,18H2,1-2H3/t20-,21-. The van der Waals surface area contributed by atoms with E-state index in [-0.39, 0.29) is 11.8 Å². The molecular weight excluding hydrogens is 351 g/mol. The van der Waals surface area contributed by atoms with Crippen LogP contribution in [0.2, 0.25) is 0 Å². The molecule has 3 heteroatoms. The highest BCUT2D eigenvalue weighted by Gasteiger charge is 2.21. The van der Waals surface area contributed by atoms with E-state index < -0.39 is 0 Å². The van der Waals surface area contributed by atoms with Crippen LogP contribution in [0.15, 0.2) is 18.2 Å². The lowest BCUT2D eigenvalue weighted by atomic mass is 9.78. The Morgan fingerprint density at radius 1 is 0.964 bits per heavy atom. The van der Waals surface area contributed by atoms with E-state index in [1.807, 2.05) is 0 Å². The third kappa shape index (κ3) is 8.32. The van der Waals surface area contributed by atoms with Crippen molar-refractivity contribution in [2.45, 2.75) is 104 Å². The summed E-state index contributed by atoms with van der Waals surface area (Å²) in [5, 5.41) is 0. The summed E-state index contributed by atoms with van der Waals surface area (Å²) in [4.78, 5) is 12.1. The van der Waals surface area contributed by atoms with Crippen LogP contribution in [-0.2, 0) is 11.2 Å². The first-order valence-electron chi connectivity index (χ1n) is 11.6. The lowest BCUT2D eigenvalue weighted by molar-refractivity contribution is -0.134. The molecule has 0 spiro atoms. The molecule has 0 aromatic heterocycles. The average Bonchev–Trinajstić information content (AvgIpc) is 2.69. The Morgan fingerprint density at radius 3 is 2.29 bits per heavy atom. The molecule has 158 valence electrons. The molecule has 1 aromatic rings. The molecule has 0 heterocycles. The molecule has 0 atom stereocenters. The molecule has 1 aliphatic carbocycles. The molecule has 1 aliphatic rings. The van der Waals surface area contributed by atoms with Gasteiger partial charge in [0.1, 0.15) is 11.6 Å². The molecular formula is C25H39FO2. The van der Waals surface area contributed by atoms with E-state index in [2.05, 4.69) is 13.8 Å². The molecule has 1 fully saturated rings. The Bertz CT molecular complexity index is 576. The van der Waals surface area contributed by atoms with Gasteiger partial charge in [-0.05, 0) is 42.7 Å². The Labute approximate surface area is 171 Å². The van der Waals surface area contributed by atoms with Gasteiger partial charge in [-0.25, -0.2) is 4.39 Å². The number of carbonyl (C=O) groups excluding carboxylic acids is 1. The fourth-order valence-electron chi connectivity index (χ4n) is 4.43. The summed E-state index contributed by atoms with van der Waals surface area (Å²) >= 11 is 0. The van der Waals surface area contributed by atoms with Gasteiger partial charge in [0.2, 0.25) is 0 Å².